The second-order valence-corrected chi connectivity index (χ2v) is 8.66. The number of hydrogen-bond donors (Lipinski definition) is 1. The fourth-order valence-corrected chi connectivity index (χ4v) is 4.12. The van der Waals surface area contributed by atoms with E-state index in [-0.39, 0.29) is 24.6 Å². The number of ether oxygens (including phenoxy) is 4. The first-order chi connectivity index (χ1) is 17.4. The van der Waals surface area contributed by atoms with E-state index < -0.39 is 12.0 Å². The normalized spacial score (nSPS) is 17.5. The van der Waals surface area contributed by atoms with Gasteiger partial charge in [0.1, 0.15) is 19.0 Å². The van der Waals surface area contributed by atoms with E-state index in [4.69, 9.17) is 18.9 Å². The summed E-state index contributed by atoms with van der Waals surface area (Å²) in [6.45, 7) is 2.52. The number of nitrogens with zero attached hydrogens (tertiary/aromatic N) is 1. The Labute approximate surface area is 210 Å². The minimum Gasteiger partial charge on any atom is -0.489 e. The van der Waals surface area contributed by atoms with Crippen molar-refractivity contribution in [3.63, 3.8) is 0 Å². The zero-order valence-corrected chi connectivity index (χ0v) is 20.6. The highest BCUT2D eigenvalue weighted by molar-refractivity contribution is 5.95. The van der Waals surface area contributed by atoms with Crippen molar-refractivity contribution in [1.82, 2.24) is 10.2 Å². The monoisotopic (exact) mass is 494 g/mol. The van der Waals surface area contributed by atoms with Crippen molar-refractivity contribution in [2.75, 3.05) is 27.4 Å². The Balaban J connectivity index is 1.48. The number of allylic oxidation sites excluding steroid dienone is 1. The molecule has 36 heavy (non-hydrogen) atoms. The van der Waals surface area contributed by atoms with Crippen molar-refractivity contribution < 1.29 is 33.3 Å². The minimum absolute atomic E-state index is 0.116. The molecule has 2 aromatic rings. The van der Waals surface area contributed by atoms with Gasteiger partial charge in [0.05, 0.1) is 30.9 Å². The lowest BCUT2D eigenvalue weighted by molar-refractivity contribution is -0.140. The number of methoxy groups -OCH3 is 2. The Bertz CT molecular complexity index is 1140. The Kier molecular flexibility index (Phi) is 7.90. The first kappa shape index (κ1) is 25.2. The quantitative estimate of drug-likeness (QED) is 0.396. The number of carbonyl (C=O) groups excluding carboxylic acids is 3. The van der Waals surface area contributed by atoms with Crippen molar-refractivity contribution in [2.24, 2.45) is 0 Å². The number of carbonyl (C=O) groups is 3. The SMILES string of the molecule is COCCOC(=O)C1=C(C)N(C2CC2)C(=O)NC1c1ccc(OCc2ccc(C(=O)OC)cc2)cc1. The molecule has 1 N–H and O–H groups in total. The van der Waals surface area contributed by atoms with Crippen molar-refractivity contribution in [2.45, 2.75) is 38.5 Å². The highest BCUT2D eigenvalue weighted by Crippen LogP contribution is 2.38. The van der Waals surface area contributed by atoms with Gasteiger partial charge in [0, 0.05) is 18.8 Å². The number of urea groups is 1. The molecule has 4 rings (SSSR count). The van der Waals surface area contributed by atoms with Crippen molar-refractivity contribution in [3.05, 3.63) is 76.5 Å². The van der Waals surface area contributed by atoms with Crippen LogP contribution in [0.2, 0.25) is 0 Å². The van der Waals surface area contributed by atoms with Crippen molar-refractivity contribution >= 4 is 18.0 Å². The molecular formula is C27H30N2O7. The molecule has 2 amide bonds. The summed E-state index contributed by atoms with van der Waals surface area (Å²) in [5, 5.41) is 2.97. The number of rotatable bonds is 10. The molecule has 1 aliphatic carbocycles. The number of amides is 2. The average molecular weight is 495 g/mol. The summed E-state index contributed by atoms with van der Waals surface area (Å²) in [4.78, 5) is 39.1. The maximum atomic E-state index is 13.0. The van der Waals surface area contributed by atoms with Gasteiger partial charge in [-0.3, -0.25) is 4.90 Å². The standard InChI is InChI=1S/C27H30N2O7/c1-17-23(26(31)35-15-14-33-2)24(28-27(32)29(17)21-10-11-21)19-8-12-22(13-9-19)36-16-18-4-6-20(7-5-18)25(30)34-3/h4-9,12-13,21,24H,10-11,14-16H2,1-3H3,(H,28,32). The lowest BCUT2D eigenvalue weighted by Gasteiger charge is -2.35. The Morgan fingerprint density at radius 1 is 0.972 bits per heavy atom. The lowest BCUT2D eigenvalue weighted by atomic mass is 9.94. The van der Waals surface area contributed by atoms with Crippen LogP contribution in [0.4, 0.5) is 4.79 Å². The van der Waals surface area contributed by atoms with Gasteiger partial charge in [-0.05, 0) is 55.2 Å². The molecule has 1 aliphatic heterocycles. The molecule has 1 fully saturated rings. The van der Waals surface area contributed by atoms with Gasteiger partial charge < -0.3 is 24.3 Å². The molecule has 190 valence electrons. The summed E-state index contributed by atoms with van der Waals surface area (Å²) >= 11 is 0. The molecule has 0 aromatic heterocycles. The summed E-state index contributed by atoms with van der Waals surface area (Å²) in [6, 6.07) is 13.5. The highest BCUT2D eigenvalue weighted by Gasteiger charge is 2.42. The molecule has 9 nitrogen and oxygen atoms in total. The van der Waals surface area contributed by atoms with Crippen LogP contribution < -0.4 is 10.1 Å². The molecule has 2 aliphatic rings. The number of benzene rings is 2. The maximum Gasteiger partial charge on any atom is 0.338 e. The van der Waals surface area contributed by atoms with E-state index in [1.54, 1.807) is 48.2 Å². The van der Waals surface area contributed by atoms with Crippen LogP contribution in [0, 0.1) is 0 Å². The Morgan fingerprint density at radius 2 is 1.67 bits per heavy atom. The van der Waals surface area contributed by atoms with Gasteiger partial charge in [-0.25, -0.2) is 14.4 Å². The zero-order valence-electron chi connectivity index (χ0n) is 20.6. The highest BCUT2D eigenvalue weighted by atomic mass is 16.6. The molecule has 1 unspecified atom stereocenters. The van der Waals surface area contributed by atoms with E-state index in [9.17, 15) is 14.4 Å². The van der Waals surface area contributed by atoms with Gasteiger partial charge in [0.25, 0.3) is 0 Å². The molecule has 1 atom stereocenters. The topological polar surface area (TPSA) is 103 Å². The predicted octanol–water partition coefficient (Wildman–Crippen LogP) is 3.74. The van der Waals surface area contributed by atoms with Gasteiger partial charge in [0.15, 0.2) is 0 Å². The van der Waals surface area contributed by atoms with Crippen LogP contribution in [-0.2, 0) is 25.6 Å². The fourth-order valence-electron chi connectivity index (χ4n) is 4.12. The number of esters is 2. The molecular weight excluding hydrogens is 464 g/mol. The summed E-state index contributed by atoms with van der Waals surface area (Å²) < 4.78 is 21.0. The first-order valence-corrected chi connectivity index (χ1v) is 11.8. The second-order valence-electron chi connectivity index (χ2n) is 8.66. The van der Waals surface area contributed by atoms with Crippen LogP contribution in [0.3, 0.4) is 0 Å². The Morgan fingerprint density at radius 3 is 2.28 bits per heavy atom. The molecule has 1 heterocycles. The van der Waals surface area contributed by atoms with Crippen LogP contribution >= 0.6 is 0 Å². The largest absolute Gasteiger partial charge is 0.489 e. The van der Waals surface area contributed by atoms with Gasteiger partial charge in [-0.15, -0.1) is 0 Å². The van der Waals surface area contributed by atoms with Crippen LogP contribution in [0.25, 0.3) is 0 Å². The van der Waals surface area contributed by atoms with Crippen LogP contribution in [0.1, 0.15) is 47.3 Å². The first-order valence-electron chi connectivity index (χ1n) is 11.8. The molecule has 9 heteroatoms. The van der Waals surface area contributed by atoms with Gasteiger partial charge in [-0.2, -0.15) is 0 Å². The van der Waals surface area contributed by atoms with E-state index >= 15 is 0 Å². The van der Waals surface area contributed by atoms with E-state index in [2.05, 4.69) is 5.32 Å². The summed E-state index contributed by atoms with van der Waals surface area (Å²) in [6.07, 6.45) is 1.83. The summed E-state index contributed by atoms with van der Waals surface area (Å²) in [5.74, 6) is -0.238. The van der Waals surface area contributed by atoms with E-state index in [0.717, 1.165) is 24.0 Å². The average Bonchev–Trinajstić information content (AvgIpc) is 3.72. The maximum absolute atomic E-state index is 13.0. The van der Waals surface area contributed by atoms with Gasteiger partial charge in [-0.1, -0.05) is 24.3 Å². The summed E-state index contributed by atoms with van der Waals surface area (Å²) in [7, 11) is 2.88. The van der Waals surface area contributed by atoms with Gasteiger partial charge in [0.2, 0.25) is 0 Å². The van der Waals surface area contributed by atoms with Crippen LogP contribution in [0.5, 0.6) is 5.75 Å². The number of nitrogens with one attached hydrogen (secondary N) is 1. The Hall–Kier alpha value is -3.85. The van der Waals surface area contributed by atoms with Crippen LogP contribution in [0.15, 0.2) is 59.8 Å². The van der Waals surface area contributed by atoms with Crippen LogP contribution in [-0.4, -0.2) is 56.3 Å². The molecule has 2 aromatic carbocycles. The summed E-state index contributed by atoms with van der Waals surface area (Å²) in [5.41, 5.74) is 3.14. The number of hydrogen-bond acceptors (Lipinski definition) is 7. The molecule has 0 radical (unpaired) electrons. The third-order valence-corrected chi connectivity index (χ3v) is 6.17. The van der Waals surface area contributed by atoms with Crippen molar-refractivity contribution in [1.29, 1.82) is 0 Å². The third-order valence-electron chi connectivity index (χ3n) is 6.17. The zero-order chi connectivity index (χ0) is 25.7. The molecule has 0 spiro atoms. The third kappa shape index (κ3) is 5.68. The predicted molar refractivity (Wildman–Crippen MR) is 130 cm³/mol. The molecule has 0 saturated heterocycles. The minimum atomic E-state index is -0.637. The van der Waals surface area contributed by atoms with E-state index in [1.165, 1.54) is 14.2 Å². The fraction of sp³-hybridized carbons (Fsp3) is 0.370. The van der Waals surface area contributed by atoms with Gasteiger partial charge >= 0.3 is 18.0 Å². The van der Waals surface area contributed by atoms with E-state index in [1.807, 2.05) is 12.1 Å². The lowest BCUT2D eigenvalue weighted by Crippen LogP contribution is -2.48. The van der Waals surface area contributed by atoms with E-state index in [0.29, 0.717) is 35.8 Å². The van der Waals surface area contributed by atoms with Crippen molar-refractivity contribution in [3.8, 4) is 5.75 Å². The molecule has 1 saturated carbocycles. The molecule has 0 bridgehead atoms. The smallest absolute Gasteiger partial charge is 0.338 e. The second kappa shape index (κ2) is 11.3.